The van der Waals surface area contributed by atoms with Crippen molar-refractivity contribution in [3.8, 4) is 5.88 Å². The van der Waals surface area contributed by atoms with Crippen LogP contribution in [0.1, 0.15) is 48.3 Å². The van der Waals surface area contributed by atoms with Crippen LogP contribution in [0.4, 0.5) is 0 Å². The molecule has 2 aliphatic rings. The fourth-order valence-electron chi connectivity index (χ4n) is 3.52. The number of aromatic nitrogens is 1. The second-order valence-electron chi connectivity index (χ2n) is 6.38. The first kappa shape index (κ1) is 15.9. The highest BCUT2D eigenvalue weighted by molar-refractivity contribution is 6.16. The predicted molar refractivity (Wildman–Crippen MR) is 83.4 cm³/mol. The summed E-state index contributed by atoms with van der Waals surface area (Å²) in [6, 6.07) is -0.155. The van der Waals surface area contributed by atoms with Crippen molar-refractivity contribution in [1.82, 2.24) is 10.1 Å². The molecule has 0 aliphatic heterocycles. The third kappa shape index (κ3) is 2.61. The van der Waals surface area contributed by atoms with Gasteiger partial charge in [-0.2, -0.15) is 0 Å². The van der Waals surface area contributed by atoms with E-state index in [2.05, 4.69) is 12.1 Å². The third-order valence-electron chi connectivity index (χ3n) is 4.61. The summed E-state index contributed by atoms with van der Waals surface area (Å²) in [4.78, 5) is 27.2. The number of nitrogens with zero attached hydrogens (tertiary/aromatic N) is 2. The van der Waals surface area contributed by atoms with Gasteiger partial charge in [-0.25, -0.2) is 0 Å². The number of hydrogen-bond acceptors (Lipinski definition) is 6. The Kier molecular flexibility index (Phi) is 4.35. The van der Waals surface area contributed by atoms with Crippen molar-refractivity contribution in [1.29, 1.82) is 0 Å². The summed E-state index contributed by atoms with van der Waals surface area (Å²) in [6.45, 7) is 2.55. The smallest absolute Gasteiger partial charge is 0.265 e. The van der Waals surface area contributed by atoms with Gasteiger partial charge in [-0.15, -0.1) is 0 Å². The monoisotopic (exact) mass is 318 g/mol. The van der Waals surface area contributed by atoms with Crippen LogP contribution in [0, 0.1) is 11.8 Å². The van der Waals surface area contributed by atoms with Crippen molar-refractivity contribution in [2.24, 2.45) is 11.8 Å². The second-order valence-corrected chi connectivity index (χ2v) is 6.38. The number of allylic oxidation sites excluding steroid dienone is 2. The standard InChI is InChI=1S/C17H22N2O4/c1-4-5-9-22-17-13-15(21)12-10(7-6-8-11(12)20)14(19(2)3)16(13)23-18-17/h6,8,10,12,14H,4-5,7,9H2,1-3H3/t10-,12?,14+/m1/s1. The van der Waals surface area contributed by atoms with Gasteiger partial charge in [0.2, 0.25) is 0 Å². The molecule has 0 aromatic carbocycles. The van der Waals surface area contributed by atoms with Gasteiger partial charge in [0.05, 0.1) is 18.6 Å². The largest absolute Gasteiger partial charge is 0.475 e. The summed E-state index contributed by atoms with van der Waals surface area (Å²) in [6.07, 6.45) is 5.90. The van der Waals surface area contributed by atoms with Gasteiger partial charge >= 0.3 is 0 Å². The molecule has 0 fully saturated rings. The number of Topliss-reactive ketones (excluding diaryl/α,β-unsaturated/α-hetero) is 1. The van der Waals surface area contributed by atoms with E-state index in [1.165, 1.54) is 6.08 Å². The Morgan fingerprint density at radius 3 is 2.87 bits per heavy atom. The molecule has 6 nitrogen and oxygen atoms in total. The van der Waals surface area contributed by atoms with Crippen LogP contribution in [0.5, 0.6) is 5.88 Å². The van der Waals surface area contributed by atoms with E-state index in [-0.39, 0.29) is 29.4 Å². The van der Waals surface area contributed by atoms with Crippen LogP contribution in [0.25, 0.3) is 0 Å². The lowest BCUT2D eigenvalue weighted by Crippen LogP contribution is -2.44. The minimum atomic E-state index is -0.659. The van der Waals surface area contributed by atoms with E-state index in [0.29, 0.717) is 24.4 Å². The zero-order valence-electron chi connectivity index (χ0n) is 13.7. The van der Waals surface area contributed by atoms with Gasteiger partial charge in [0, 0.05) is 5.92 Å². The molecule has 3 rings (SSSR count). The Balaban J connectivity index is 2.02. The molecule has 2 aliphatic carbocycles. The number of rotatable bonds is 5. The summed E-state index contributed by atoms with van der Waals surface area (Å²) >= 11 is 0. The summed E-state index contributed by atoms with van der Waals surface area (Å²) in [5, 5.41) is 3.96. The van der Waals surface area contributed by atoms with Crippen LogP contribution in [-0.4, -0.2) is 42.3 Å². The molecule has 1 unspecified atom stereocenters. The molecule has 124 valence electrons. The molecule has 6 heteroatoms. The second kappa shape index (κ2) is 6.28. The van der Waals surface area contributed by atoms with Crippen LogP contribution < -0.4 is 4.74 Å². The minimum absolute atomic E-state index is 0.112. The zero-order chi connectivity index (χ0) is 16.6. The van der Waals surface area contributed by atoms with E-state index in [1.54, 1.807) is 0 Å². The van der Waals surface area contributed by atoms with Crippen molar-refractivity contribution in [3.05, 3.63) is 23.5 Å². The Morgan fingerprint density at radius 1 is 1.39 bits per heavy atom. The maximum atomic E-state index is 12.9. The zero-order valence-corrected chi connectivity index (χ0v) is 13.7. The molecular formula is C17H22N2O4. The van der Waals surface area contributed by atoms with Gasteiger partial charge in [0.25, 0.3) is 5.88 Å². The maximum Gasteiger partial charge on any atom is 0.265 e. The normalized spacial score (nSPS) is 26.3. The van der Waals surface area contributed by atoms with Crippen molar-refractivity contribution in [2.75, 3.05) is 20.7 Å². The average Bonchev–Trinajstić information content (AvgIpc) is 2.91. The molecule has 1 aromatic rings. The number of unbranched alkanes of at least 4 members (excludes halogenated alkanes) is 1. The molecule has 0 bridgehead atoms. The van der Waals surface area contributed by atoms with Gasteiger partial charge in [-0.3, -0.25) is 14.5 Å². The molecule has 0 amide bonds. The maximum absolute atomic E-state index is 12.9. The topological polar surface area (TPSA) is 72.6 Å². The molecule has 0 radical (unpaired) electrons. The van der Waals surface area contributed by atoms with Crippen molar-refractivity contribution < 1.29 is 18.8 Å². The van der Waals surface area contributed by atoms with E-state index < -0.39 is 5.92 Å². The number of ether oxygens (including phenoxy) is 1. The van der Waals surface area contributed by atoms with Crippen LogP contribution >= 0.6 is 0 Å². The van der Waals surface area contributed by atoms with Gasteiger partial charge in [0.15, 0.2) is 17.3 Å². The molecule has 1 aromatic heterocycles. The molecule has 1 heterocycles. The molecule has 0 spiro atoms. The van der Waals surface area contributed by atoms with E-state index in [1.807, 2.05) is 25.1 Å². The lowest BCUT2D eigenvalue weighted by atomic mass is 9.68. The molecular weight excluding hydrogens is 296 g/mol. The number of ketones is 2. The fraction of sp³-hybridized carbons (Fsp3) is 0.588. The summed E-state index contributed by atoms with van der Waals surface area (Å²) in [7, 11) is 3.84. The summed E-state index contributed by atoms with van der Waals surface area (Å²) in [5.41, 5.74) is 0.352. The Morgan fingerprint density at radius 2 is 2.17 bits per heavy atom. The van der Waals surface area contributed by atoms with Crippen LogP contribution in [0.2, 0.25) is 0 Å². The van der Waals surface area contributed by atoms with E-state index >= 15 is 0 Å². The highest BCUT2D eigenvalue weighted by Gasteiger charge is 2.50. The molecule has 3 atom stereocenters. The first-order valence-corrected chi connectivity index (χ1v) is 8.09. The van der Waals surface area contributed by atoms with E-state index in [0.717, 1.165) is 12.8 Å². The quantitative estimate of drug-likeness (QED) is 0.613. The number of carbonyl (C=O) groups excluding carboxylic acids is 2. The third-order valence-corrected chi connectivity index (χ3v) is 4.61. The molecule has 0 saturated heterocycles. The molecule has 0 saturated carbocycles. The highest BCUT2D eigenvalue weighted by atomic mass is 16.5. The minimum Gasteiger partial charge on any atom is -0.475 e. The van der Waals surface area contributed by atoms with Crippen LogP contribution in [0.3, 0.4) is 0 Å². The SMILES string of the molecule is CCCCOc1noc2c1C(=O)C1C(=O)C=CC[C@H]1[C@@H]2N(C)C. The highest BCUT2D eigenvalue weighted by Crippen LogP contribution is 2.47. The van der Waals surface area contributed by atoms with E-state index in [4.69, 9.17) is 9.26 Å². The molecule has 0 N–H and O–H groups in total. The van der Waals surface area contributed by atoms with Crippen molar-refractivity contribution >= 4 is 11.6 Å². The Bertz CT molecular complexity index is 647. The lowest BCUT2D eigenvalue weighted by molar-refractivity contribution is -0.119. The summed E-state index contributed by atoms with van der Waals surface area (Å²) < 4.78 is 11.1. The van der Waals surface area contributed by atoms with Gasteiger partial charge in [-0.1, -0.05) is 19.4 Å². The van der Waals surface area contributed by atoms with Crippen LogP contribution in [-0.2, 0) is 4.79 Å². The van der Waals surface area contributed by atoms with Gasteiger partial charge in [0.1, 0.15) is 5.56 Å². The first-order valence-electron chi connectivity index (χ1n) is 8.09. The lowest BCUT2D eigenvalue weighted by Gasteiger charge is -2.38. The fourth-order valence-corrected chi connectivity index (χ4v) is 3.52. The average molecular weight is 318 g/mol. The van der Waals surface area contributed by atoms with Crippen LogP contribution in [0.15, 0.2) is 16.7 Å². The molecule has 23 heavy (non-hydrogen) atoms. The predicted octanol–water partition coefficient (Wildman–Crippen LogP) is 2.41. The number of hydrogen-bond donors (Lipinski definition) is 0. The first-order chi connectivity index (χ1) is 11.1. The summed E-state index contributed by atoms with van der Waals surface area (Å²) in [5.74, 6) is -0.372. The number of carbonyl (C=O) groups is 2. The van der Waals surface area contributed by atoms with Crippen molar-refractivity contribution in [3.63, 3.8) is 0 Å². The van der Waals surface area contributed by atoms with Gasteiger partial charge in [-0.05, 0) is 38.2 Å². The van der Waals surface area contributed by atoms with E-state index in [9.17, 15) is 9.59 Å². The number of fused-ring (bicyclic) bond motifs is 2. The Labute approximate surface area is 135 Å². The van der Waals surface area contributed by atoms with Crippen molar-refractivity contribution in [2.45, 2.75) is 32.2 Å². The Hall–Kier alpha value is -1.95. The van der Waals surface area contributed by atoms with Gasteiger partial charge < -0.3 is 9.26 Å².